The smallest absolute Gasteiger partial charge is 0.326 e. The third-order valence-electron chi connectivity index (χ3n) is 6.22. The summed E-state index contributed by atoms with van der Waals surface area (Å²) < 4.78 is 10.9. The van der Waals surface area contributed by atoms with Gasteiger partial charge in [0.15, 0.2) is 0 Å². The van der Waals surface area contributed by atoms with Gasteiger partial charge in [0, 0.05) is 45.1 Å². The Hall–Kier alpha value is -2.19. The maximum Gasteiger partial charge on any atom is 0.326 e. The van der Waals surface area contributed by atoms with Crippen LogP contribution < -0.4 is 10.6 Å². The lowest BCUT2D eigenvalue weighted by Crippen LogP contribution is -2.49. The van der Waals surface area contributed by atoms with Crippen LogP contribution in [0.15, 0.2) is 12.1 Å². The minimum absolute atomic E-state index is 0.213. The summed E-state index contributed by atoms with van der Waals surface area (Å²) in [7, 11) is 0. The van der Waals surface area contributed by atoms with Gasteiger partial charge in [0.1, 0.15) is 11.9 Å². The number of amides is 1. The van der Waals surface area contributed by atoms with Gasteiger partial charge in [0.25, 0.3) is 0 Å². The second kappa shape index (κ2) is 11.4. The van der Waals surface area contributed by atoms with Gasteiger partial charge in [-0.15, -0.1) is 0 Å². The number of carbonyl (C=O) groups is 2. The quantitative estimate of drug-likeness (QED) is 0.460. The lowest BCUT2D eigenvalue weighted by molar-refractivity contribution is -0.146. The van der Waals surface area contributed by atoms with Crippen LogP contribution in [0.25, 0.3) is 0 Å². The van der Waals surface area contributed by atoms with Crippen molar-refractivity contribution in [2.24, 2.45) is 5.41 Å². The first-order valence-corrected chi connectivity index (χ1v) is 11.4. The highest BCUT2D eigenvalue weighted by Crippen LogP contribution is 2.30. The number of pyridine rings is 1. The van der Waals surface area contributed by atoms with Gasteiger partial charge >= 0.3 is 5.97 Å². The molecule has 1 aromatic rings. The fourth-order valence-corrected chi connectivity index (χ4v) is 3.96. The number of hydrogen-bond donors (Lipinski definition) is 3. The number of hydrogen-bond acceptors (Lipinski definition) is 6. The van der Waals surface area contributed by atoms with Crippen molar-refractivity contribution in [2.45, 2.75) is 64.3 Å². The SMILES string of the molecule is CC1(C(=O)N[C@@H](CCOCCCCc2ccc3c(n2)NCCC3)C(=O)O)CCOCC1. The summed E-state index contributed by atoms with van der Waals surface area (Å²) in [4.78, 5) is 28.8. The summed E-state index contributed by atoms with van der Waals surface area (Å²) in [5.74, 6) is -0.216. The van der Waals surface area contributed by atoms with Crippen LogP contribution in [0.5, 0.6) is 0 Å². The Morgan fingerprint density at radius 2 is 2.10 bits per heavy atom. The molecule has 0 aliphatic carbocycles. The number of ether oxygens (including phenoxy) is 2. The van der Waals surface area contributed by atoms with Gasteiger partial charge in [-0.05, 0) is 56.6 Å². The third kappa shape index (κ3) is 6.90. The van der Waals surface area contributed by atoms with E-state index in [4.69, 9.17) is 14.5 Å². The monoisotopic (exact) mass is 433 g/mol. The maximum absolute atomic E-state index is 12.6. The van der Waals surface area contributed by atoms with Gasteiger partial charge in [-0.1, -0.05) is 13.0 Å². The summed E-state index contributed by atoms with van der Waals surface area (Å²) in [5, 5.41) is 15.5. The highest BCUT2D eigenvalue weighted by Gasteiger charge is 2.37. The predicted molar refractivity (Wildman–Crippen MR) is 117 cm³/mol. The van der Waals surface area contributed by atoms with Crippen molar-refractivity contribution in [3.8, 4) is 0 Å². The number of nitrogens with one attached hydrogen (secondary N) is 2. The van der Waals surface area contributed by atoms with Crippen LogP contribution in [-0.2, 0) is 31.9 Å². The van der Waals surface area contributed by atoms with Crippen LogP contribution in [0.2, 0.25) is 0 Å². The lowest BCUT2D eigenvalue weighted by atomic mass is 9.81. The molecule has 1 amide bonds. The molecular formula is C23H35N3O5. The predicted octanol–water partition coefficient (Wildman–Crippen LogP) is 2.56. The molecule has 1 fully saturated rings. The minimum atomic E-state index is -1.03. The van der Waals surface area contributed by atoms with E-state index in [0.717, 1.165) is 50.2 Å². The molecule has 31 heavy (non-hydrogen) atoms. The maximum atomic E-state index is 12.6. The Morgan fingerprint density at radius 3 is 2.87 bits per heavy atom. The van der Waals surface area contributed by atoms with E-state index < -0.39 is 17.4 Å². The molecule has 3 heterocycles. The van der Waals surface area contributed by atoms with Gasteiger partial charge < -0.3 is 25.2 Å². The standard InChI is InChI=1S/C23H35N3O5/c1-23(10-15-31-16-11-23)22(29)26-19(21(27)28)9-14-30-13-3-2-6-18-8-7-17-5-4-12-24-20(17)25-18/h7-8,19H,2-6,9-16H2,1H3,(H,24,25)(H,26,29)(H,27,28)/t19-/m0/s1. The molecule has 3 rings (SSSR count). The Bertz CT molecular complexity index is 749. The van der Waals surface area contributed by atoms with Gasteiger partial charge in [-0.2, -0.15) is 0 Å². The van der Waals surface area contributed by atoms with E-state index in [2.05, 4.69) is 22.8 Å². The number of aryl methyl sites for hydroxylation is 2. The van der Waals surface area contributed by atoms with Crippen LogP contribution in [0.3, 0.4) is 0 Å². The van der Waals surface area contributed by atoms with Gasteiger partial charge in [-0.3, -0.25) is 4.79 Å². The molecule has 1 saturated heterocycles. The molecule has 2 aliphatic heterocycles. The molecule has 3 N–H and O–H groups in total. The van der Waals surface area contributed by atoms with Gasteiger partial charge in [0.05, 0.1) is 5.41 Å². The van der Waals surface area contributed by atoms with Gasteiger partial charge in [-0.25, -0.2) is 9.78 Å². The highest BCUT2D eigenvalue weighted by atomic mass is 16.5. The second-order valence-corrected chi connectivity index (χ2v) is 8.74. The van der Waals surface area contributed by atoms with E-state index in [9.17, 15) is 14.7 Å². The van der Waals surface area contributed by atoms with E-state index in [1.807, 2.05) is 6.92 Å². The van der Waals surface area contributed by atoms with E-state index in [1.54, 1.807) is 0 Å². The minimum Gasteiger partial charge on any atom is -0.480 e. The Morgan fingerprint density at radius 1 is 1.29 bits per heavy atom. The third-order valence-corrected chi connectivity index (χ3v) is 6.22. The summed E-state index contributed by atoms with van der Waals surface area (Å²) >= 11 is 0. The topological polar surface area (TPSA) is 110 Å². The molecule has 0 bridgehead atoms. The van der Waals surface area contributed by atoms with Crippen LogP contribution in [-0.4, -0.2) is 61.0 Å². The van der Waals surface area contributed by atoms with E-state index >= 15 is 0 Å². The number of nitrogens with zero attached hydrogens (tertiary/aromatic N) is 1. The first-order chi connectivity index (χ1) is 15.0. The number of aliphatic carboxylic acids is 1. The zero-order valence-electron chi connectivity index (χ0n) is 18.5. The van der Waals surface area contributed by atoms with Gasteiger partial charge in [0.2, 0.25) is 5.91 Å². The van der Waals surface area contributed by atoms with Crippen molar-refractivity contribution < 1.29 is 24.2 Å². The zero-order valence-corrected chi connectivity index (χ0v) is 18.5. The first-order valence-electron chi connectivity index (χ1n) is 11.4. The number of aromatic nitrogens is 1. The van der Waals surface area contributed by atoms with Crippen LogP contribution in [0, 0.1) is 5.41 Å². The molecule has 1 atom stereocenters. The molecule has 0 radical (unpaired) electrons. The van der Waals surface area contributed by atoms with E-state index in [1.165, 1.54) is 5.56 Å². The number of carboxylic acid groups (broad SMARTS) is 1. The number of carboxylic acids is 1. The molecule has 2 aliphatic rings. The Balaban J connectivity index is 1.31. The summed E-state index contributed by atoms with van der Waals surface area (Å²) in [6.45, 7) is 4.79. The fraction of sp³-hybridized carbons (Fsp3) is 0.696. The molecule has 172 valence electrons. The molecule has 0 spiro atoms. The number of fused-ring (bicyclic) bond motifs is 1. The van der Waals surface area contributed by atoms with Crippen molar-refractivity contribution >= 4 is 17.7 Å². The first kappa shape index (κ1) is 23.5. The van der Waals surface area contributed by atoms with Crippen molar-refractivity contribution in [3.05, 3.63) is 23.4 Å². The number of carbonyl (C=O) groups excluding carboxylic acids is 1. The molecule has 0 saturated carbocycles. The summed E-state index contributed by atoms with van der Waals surface area (Å²) in [6, 6.07) is 3.34. The van der Waals surface area contributed by atoms with E-state index in [-0.39, 0.29) is 12.3 Å². The molecule has 8 heteroatoms. The lowest BCUT2D eigenvalue weighted by Gasteiger charge is -2.33. The average molecular weight is 434 g/mol. The van der Waals surface area contributed by atoms with Crippen LogP contribution >= 0.6 is 0 Å². The largest absolute Gasteiger partial charge is 0.480 e. The fourth-order valence-electron chi connectivity index (χ4n) is 3.96. The van der Waals surface area contributed by atoms with Crippen molar-refractivity contribution in [1.29, 1.82) is 0 Å². The summed E-state index contributed by atoms with van der Waals surface area (Å²) in [5.41, 5.74) is 1.82. The zero-order chi connectivity index (χ0) is 22.1. The van der Waals surface area contributed by atoms with Crippen LogP contribution in [0.1, 0.15) is 56.7 Å². The van der Waals surface area contributed by atoms with Crippen molar-refractivity contribution in [3.63, 3.8) is 0 Å². The average Bonchev–Trinajstić information content (AvgIpc) is 2.77. The molecule has 8 nitrogen and oxygen atoms in total. The molecule has 0 aromatic carbocycles. The molecule has 0 unspecified atom stereocenters. The number of unbranched alkanes of at least 4 members (excludes halogenated alkanes) is 1. The number of rotatable bonds is 11. The van der Waals surface area contributed by atoms with Crippen molar-refractivity contribution in [1.82, 2.24) is 10.3 Å². The van der Waals surface area contributed by atoms with Crippen LogP contribution in [0.4, 0.5) is 5.82 Å². The second-order valence-electron chi connectivity index (χ2n) is 8.74. The summed E-state index contributed by atoms with van der Waals surface area (Å²) in [6.07, 6.45) is 6.47. The molecule has 1 aromatic heterocycles. The molecular weight excluding hydrogens is 398 g/mol. The van der Waals surface area contributed by atoms with E-state index in [0.29, 0.717) is 39.3 Å². The number of anilines is 1. The highest BCUT2D eigenvalue weighted by molar-refractivity contribution is 5.87. The Kier molecular flexibility index (Phi) is 8.66. The normalized spacial score (nSPS) is 18.5. The Labute approximate surface area is 184 Å². The van der Waals surface area contributed by atoms with Crippen molar-refractivity contribution in [2.75, 3.05) is 38.3 Å².